The zero-order valence-electron chi connectivity index (χ0n) is 12.9. The lowest BCUT2D eigenvalue weighted by atomic mass is 9.97. The SMILES string of the molecule is Cc1ccc2nc(NC(=O)C[NH+]3CCC(C(=O)[O-])CC3)sc2c1. The summed E-state index contributed by atoms with van der Waals surface area (Å²) in [7, 11) is 0. The van der Waals surface area contributed by atoms with E-state index in [1.165, 1.54) is 16.9 Å². The van der Waals surface area contributed by atoms with Crippen LogP contribution >= 0.6 is 11.3 Å². The molecule has 1 aliphatic heterocycles. The predicted molar refractivity (Wildman–Crippen MR) is 86.3 cm³/mol. The Morgan fingerprint density at radius 1 is 1.39 bits per heavy atom. The molecule has 2 heterocycles. The molecule has 2 N–H and O–H groups in total. The van der Waals surface area contributed by atoms with Gasteiger partial charge >= 0.3 is 0 Å². The van der Waals surface area contributed by atoms with Crippen LogP contribution in [-0.2, 0) is 9.59 Å². The topological polar surface area (TPSA) is 86.6 Å². The van der Waals surface area contributed by atoms with Crippen LogP contribution in [0.1, 0.15) is 18.4 Å². The van der Waals surface area contributed by atoms with Crippen molar-refractivity contribution in [2.24, 2.45) is 5.92 Å². The largest absolute Gasteiger partial charge is 0.550 e. The third kappa shape index (κ3) is 3.86. The molecule has 0 radical (unpaired) electrons. The van der Waals surface area contributed by atoms with E-state index >= 15 is 0 Å². The minimum absolute atomic E-state index is 0.0809. The lowest BCUT2D eigenvalue weighted by Gasteiger charge is -2.29. The summed E-state index contributed by atoms with van der Waals surface area (Å²) in [5.41, 5.74) is 2.05. The highest BCUT2D eigenvalue weighted by molar-refractivity contribution is 7.22. The number of carbonyl (C=O) groups is 2. The highest BCUT2D eigenvalue weighted by Gasteiger charge is 2.24. The second-order valence-corrected chi connectivity index (χ2v) is 7.09. The number of piperidine rings is 1. The molecule has 0 bridgehead atoms. The first-order chi connectivity index (χ1) is 11.0. The van der Waals surface area contributed by atoms with Gasteiger partial charge in [0.25, 0.3) is 5.91 Å². The number of fused-ring (bicyclic) bond motifs is 1. The Morgan fingerprint density at radius 3 is 2.83 bits per heavy atom. The van der Waals surface area contributed by atoms with E-state index in [-0.39, 0.29) is 11.8 Å². The maximum atomic E-state index is 12.1. The summed E-state index contributed by atoms with van der Waals surface area (Å²) >= 11 is 1.47. The highest BCUT2D eigenvalue weighted by atomic mass is 32.1. The first-order valence-corrected chi connectivity index (χ1v) is 8.54. The number of carbonyl (C=O) groups excluding carboxylic acids is 2. The molecule has 7 heteroatoms. The number of rotatable bonds is 4. The molecule has 0 aliphatic carbocycles. The fraction of sp³-hybridized carbons (Fsp3) is 0.438. The number of aromatic nitrogens is 1. The van der Waals surface area contributed by atoms with Gasteiger partial charge in [0, 0.05) is 24.7 Å². The quantitative estimate of drug-likeness (QED) is 0.796. The summed E-state index contributed by atoms with van der Waals surface area (Å²) in [4.78, 5) is 28.5. The van der Waals surface area contributed by atoms with Crippen LogP contribution in [0.4, 0.5) is 5.13 Å². The number of amides is 1. The number of nitrogens with zero attached hydrogens (tertiary/aromatic N) is 1. The van der Waals surface area contributed by atoms with E-state index in [1.807, 2.05) is 19.1 Å². The fourth-order valence-electron chi connectivity index (χ4n) is 2.91. The van der Waals surface area contributed by atoms with Crippen LogP contribution < -0.4 is 15.3 Å². The summed E-state index contributed by atoms with van der Waals surface area (Å²) in [6.07, 6.45) is 1.15. The predicted octanol–water partition coefficient (Wildman–Crippen LogP) is -0.412. The van der Waals surface area contributed by atoms with Crippen molar-refractivity contribution in [2.45, 2.75) is 19.8 Å². The van der Waals surface area contributed by atoms with Crippen LogP contribution in [0.15, 0.2) is 18.2 Å². The van der Waals surface area contributed by atoms with E-state index in [1.54, 1.807) is 0 Å². The molecule has 6 nitrogen and oxygen atoms in total. The average molecular weight is 333 g/mol. The number of benzene rings is 1. The monoisotopic (exact) mass is 333 g/mol. The lowest BCUT2D eigenvalue weighted by molar-refractivity contribution is -0.897. The van der Waals surface area contributed by atoms with Gasteiger partial charge in [-0.1, -0.05) is 17.4 Å². The van der Waals surface area contributed by atoms with Gasteiger partial charge in [-0.3, -0.25) is 10.1 Å². The first kappa shape index (κ1) is 15.9. The number of nitrogens with one attached hydrogen (secondary N) is 2. The molecule has 1 fully saturated rings. The molecule has 3 rings (SSSR count). The van der Waals surface area contributed by atoms with Crippen molar-refractivity contribution >= 4 is 38.6 Å². The van der Waals surface area contributed by atoms with Crippen molar-refractivity contribution < 1.29 is 19.6 Å². The molecule has 1 aliphatic rings. The zero-order valence-corrected chi connectivity index (χ0v) is 13.7. The Kier molecular flexibility index (Phi) is 4.58. The van der Waals surface area contributed by atoms with Crippen molar-refractivity contribution in [3.05, 3.63) is 23.8 Å². The maximum absolute atomic E-state index is 12.1. The molecular weight excluding hydrogens is 314 g/mol. The summed E-state index contributed by atoms with van der Waals surface area (Å²) in [5, 5.41) is 14.3. The molecule has 1 aromatic carbocycles. The van der Waals surface area contributed by atoms with Gasteiger partial charge in [-0.2, -0.15) is 0 Å². The number of carboxylic acid groups (broad SMARTS) is 1. The number of thiazole rings is 1. The number of anilines is 1. The van der Waals surface area contributed by atoms with E-state index in [4.69, 9.17) is 0 Å². The van der Waals surface area contributed by atoms with Gasteiger partial charge in [-0.25, -0.2) is 4.98 Å². The van der Waals surface area contributed by atoms with Crippen LogP contribution in [0.3, 0.4) is 0 Å². The number of quaternary nitrogens is 1. The van der Waals surface area contributed by atoms with Crippen molar-refractivity contribution in [1.29, 1.82) is 0 Å². The Hall–Kier alpha value is -1.99. The van der Waals surface area contributed by atoms with Gasteiger partial charge in [0.2, 0.25) is 0 Å². The van der Waals surface area contributed by atoms with Gasteiger partial charge < -0.3 is 14.8 Å². The summed E-state index contributed by atoms with van der Waals surface area (Å²) in [6, 6.07) is 6.00. The normalized spacial score (nSPS) is 21.3. The first-order valence-electron chi connectivity index (χ1n) is 7.73. The van der Waals surface area contributed by atoms with Crippen LogP contribution in [-0.4, -0.2) is 36.5 Å². The lowest BCUT2D eigenvalue weighted by Crippen LogP contribution is -3.14. The van der Waals surface area contributed by atoms with E-state index in [0.29, 0.717) is 37.6 Å². The highest BCUT2D eigenvalue weighted by Crippen LogP contribution is 2.26. The van der Waals surface area contributed by atoms with Gasteiger partial charge in [0.05, 0.1) is 23.3 Å². The minimum atomic E-state index is -0.974. The Balaban J connectivity index is 1.55. The third-order valence-electron chi connectivity index (χ3n) is 4.23. The average Bonchev–Trinajstić information content (AvgIpc) is 2.88. The molecule has 1 amide bonds. The summed E-state index contributed by atoms with van der Waals surface area (Å²) < 4.78 is 1.06. The molecule has 1 aromatic heterocycles. The molecule has 23 heavy (non-hydrogen) atoms. The van der Waals surface area contributed by atoms with Crippen molar-refractivity contribution in [3.8, 4) is 0 Å². The molecule has 0 saturated carbocycles. The van der Waals surface area contributed by atoms with E-state index < -0.39 is 5.97 Å². The van der Waals surface area contributed by atoms with Crippen LogP contribution in [0.25, 0.3) is 10.2 Å². The molecular formula is C16H19N3O3S. The number of likely N-dealkylation sites (tertiary alicyclic amines) is 1. The second-order valence-electron chi connectivity index (χ2n) is 6.06. The summed E-state index contributed by atoms with van der Waals surface area (Å²) in [6.45, 7) is 3.74. The number of carboxylic acids is 1. The van der Waals surface area contributed by atoms with Gasteiger partial charge in [0.1, 0.15) is 0 Å². The molecule has 0 unspecified atom stereocenters. The molecule has 0 spiro atoms. The number of hydrogen-bond acceptors (Lipinski definition) is 5. The van der Waals surface area contributed by atoms with Gasteiger partial charge in [0.15, 0.2) is 11.7 Å². The van der Waals surface area contributed by atoms with E-state index in [9.17, 15) is 14.7 Å². The van der Waals surface area contributed by atoms with E-state index in [0.717, 1.165) is 15.1 Å². The molecule has 122 valence electrons. The Morgan fingerprint density at radius 2 is 2.13 bits per heavy atom. The Labute approximate surface area is 138 Å². The number of aryl methyl sites for hydroxylation is 1. The number of hydrogen-bond donors (Lipinski definition) is 2. The van der Waals surface area contributed by atoms with Crippen molar-refractivity contribution in [3.63, 3.8) is 0 Å². The van der Waals surface area contributed by atoms with Crippen LogP contribution in [0.2, 0.25) is 0 Å². The maximum Gasteiger partial charge on any atom is 0.281 e. The minimum Gasteiger partial charge on any atom is -0.550 e. The van der Waals surface area contributed by atoms with Crippen molar-refractivity contribution in [2.75, 3.05) is 25.0 Å². The Bertz CT molecular complexity index is 735. The van der Waals surface area contributed by atoms with E-state index in [2.05, 4.69) is 16.4 Å². The van der Waals surface area contributed by atoms with Crippen LogP contribution in [0.5, 0.6) is 0 Å². The standard InChI is InChI=1S/C16H19N3O3S/c1-10-2-3-12-13(8-10)23-16(17-12)18-14(20)9-19-6-4-11(5-7-19)15(21)22/h2-3,8,11H,4-7,9H2,1H3,(H,21,22)(H,17,18,20). The smallest absolute Gasteiger partial charge is 0.281 e. The fourth-order valence-corrected chi connectivity index (χ4v) is 3.89. The molecule has 0 atom stereocenters. The third-order valence-corrected chi connectivity index (χ3v) is 5.16. The van der Waals surface area contributed by atoms with Crippen LogP contribution in [0, 0.1) is 12.8 Å². The summed E-state index contributed by atoms with van der Waals surface area (Å²) in [5.74, 6) is -1.42. The van der Waals surface area contributed by atoms with Crippen molar-refractivity contribution in [1.82, 2.24) is 4.98 Å². The van der Waals surface area contributed by atoms with Gasteiger partial charge in [-0.15, -0.1) is 0 Å². The zero-order chi connectivity index (χ0) is 16.4. The molecule has 1 saturated heterocycles. The second kappa shape index (κ2) is 6.64. The van der Waals surface area contributed by atoms with Gasteiger partial charge in [-0.05, 0) is 24.6 Å². The number of aliphatic carboxylic acids is 1. The molecule has 2 aromatic rings.